The van der Waals surface area contributed by atoms with Gasteiger partial charge in [0.15, 0.2) is 12.3 Å². The Balaban J connectivity index is 1.55. The van der Waals surface area contributed by atoms with Crippen LogP contribution in [0.15, 0.2) is 54.6 Å². The lowest BCUT2D eigenvalue weighted by atomic mass is 10.1. The largest absolute Gasteiger partial charge is 0.451 e. The Hall–Kier alpha value is -2.17. The summed E-state index contributed by atoms with van der Waals surface area (Å²) in [5.41, 5.74) is 3.31. The highest BCUT2D eigenvalue weighted by Gasteiger charge is 2.46. The fourth-order valence-electron chi connectivity index (χ4n) is 3.88. The van der Waals surface area contributed by atoms with Crippen molar-refractivity contribution in [3.05, 3.63) is 65.7 Å². The van der Waals surface area contributed by atoms with Crippen molar-refractivity contribution < 1.29 is 14.4 Å². The third-order valence-corrected chi connectivity index (χ3v) is 4.97. The molecule has 2 aliphatic rings. The molecule has 0 bridgehead atoms. The fraction of sp³-hybridized carbons (Fsp3) is 0.316. The molecule has 23 heavy (non-hydrogen) atoms. The first-order chi connectivity index (χ1) is 11.2. The molecule has 2 heterocycles. The van der Waals surface area contributed by atoms with E-state index in [9.17, 15) is 4.79 Å². The summed E-state index contributed by atoms with van der Waals surface area (Å²) in [6, 6.07) is 17.8. The summed E-state index contributed by atoms with van der Waals surface area (Å²) in [5.74, 6) is -0.218. The number of esters is 1. The van der Waals surface area contributed by atoms with E-state index >= 15 is 0 Å². The highest BCUT2D eigenvalue weighted by Crippen LogP contribution is 2.27. The summed E-state index contributed by atoms with van der Waals surface area (Å²) in [4.78, 5) is 16.1. The number of rotatable bonds is 2. The third kappa shape index (κ3) is 2.54. The van der Waals surface area contributed by atoms with Crippen molar-refractivity contribution in [3.8, 4) is 0 Å². The van der Waals surface area contributed by atoms with Gasteiger partial charge >= 0.3 is 5.97 Å². The molecular weight excluding hydrogens is 288 g/mol. The Morgan fingerprint density at radius 2 is 1.87 bits per heavy atom. The van der Waals surface area contributed by atoms with E-state index < -0.39 is 0 Å². The third-order valence-electron chi connectivity index (χ3n) is 4.97. The van der Waals surface area contributed by atoms with Crippen LogP contribution in [0.5, 0.6) is 0 Å². The molecule has 4 nitrogen and oxygen atoms in total. The van der Waals surface area contributed by atoms with Crippen LogP contribution in [0.3, 0.4) is 0 Å². The second-order valence-electron chi connectivity index (χ2n) is 6.35. The first-order valence-corrected chi connectivity index (χ1v) is 8.16. The van der Waals surface area contributed by atoms with Gasteiger partial charge in [-0.05, 0) is 18.2 Å². The lowest BCUT2D eigenvalue weighted by Gasteiger charge is -2.37. The first-order valence-electron chi connectivity index (χ1n) is 8.16. The van der Waals surface area contributed by atoms with E-state index in [1.165, 1.54) is 16.2 Å². The zero-order valence-electron chi connectivity index (χ0n) is 13.2. The van der Waals surface area contributed by atoms with Crippen LogP contribution in [-0.4, -0.2) is 36.7 Å². The van der Waals surface area contributed by atoms with Crippen molar-refractivity contribution in [3.63, 3.8) is 0 Å². The summed E-state index contributed by atoms with van der Waals surface area (Å²) >= 11 is 0. The van der Waals surface area contributed by atoms with E-state index in [0.29, 0.717) is 5.56 Å². The van der Waals surface area contributed by atoms with Crippen LogP contribution in [0.2, 0.25) is 0 Å². The highest BCUT2D eigenvalue weighted by atomic mass is 16.5. The molecule has 0 aromatic heterocycles. The maximum absolute atomic E-state index is 12.4. The molecule has 3 atom stereocenters. The number of benzene rings is 2. The van der Waals surface area contributed by atoms with Gasteiger partial charge in [-0.15, -0.1) is 0 Å². The van der Waals surface area contributed by atoms with Crippen LogP contribution in [0, 0.1) is 0 Å². The van der Waals surface area contributed by atoms with E-state index in [4.69, 9.17) is 4.74 Å². The number of carbonyl (C=O) groups excluding carboxylic acids is 1. The number of fused-ring (bicyclic) bond motifs is 2. The normalized spacial score (nSPS) is 26.4. The maximum atomic E-state index is 12.4. The minimum absolute atomic E-state index is 0.0592. The lowest BCUT2D eigenvalue weighted by molar-refractivity contribution is -0.860. The second-order valence-corrected chi connectivity index (χ2v) is 6.35. The monoisotopic (exact) mass is 309 g/mol. The molecule has 4 rings (SSSR count). The molecule has 2 aliphatic heterocycles. The standard InChI is InChI=1S/C19H20N2O2/c1-20-16-10-6-5-9-15(16)13-21-12-11-17(18(20)21)23-19(22)14-7-3-2-4-8-14/h2-10,17-18H,11-13H2,1H3/p+1/t17-,18?/m0/s1. The number of ether oxygens (including phenoxy) is 1. The van der Waals surface area contributed by atoms with Gasteiger partial charge in [-0.2, -0.15) is 0 Å². The molecular formula is C19H21N2O2+. The van der Waals surface area contributed by atoms with E-state index in [2.05, 4.69) is 36.2 Å². The smallest absolute Gasteiger partial charge is 0.338 e. The molecule has 1 saturated heterocycles. The molecule has 0 aliphatic carbocycles. The van der Waals surface area contributed by atoms with Gasteiger partial charge in [0.25, 0.3) is 0 Å². The average molecular weight is 309 g/mol. The van der Waals surface area contributed by atoms with Crippen molar-refractivity contribution in [2.24, 2.45) is 0 Å². The highest BCUT2D eigenvalue weighted by molar-refractivity contribution is 5.89. The van der Waals surface area contributed by atoms with Gasteiger partial charge < -0.3 is 4.74 Å². The van der Waals surface area contributed by atoms with Gasteiger partial charge in [-0.3, -0.25) is 4.90 Å². The number of para-hydroxylation sites is 1. The van der Waals surface area contributed by atoms with E-state index in [1.807, 2.05) is 30.3 Å². The minimum Gasteiger partial charge on any atom is -0.451 e. The second kappa shape index (κ2) is 5.80. The number of likely N-dealkylation sites (N-methyl/N-ethyl adjacent to an activating group) is 1. The molecule has 118 valence electrons. The summed E-state index contributed by atoms with van der Waals surface area (Å²) in [6.45, 7) is 1.92. The number of hydrogen-bond acceptors (Lipinski definition) is 3. The van der Waals surface area contributed by atoms with Gasteiger partial charge in [0, 0.05) is 25.1 Å². The van der Waals surface area contributed by atoms with Crippen LogP contribution < -0.4 is 4.90 Å². The maximum Gasteiger partial charge on any atom is 0.338 e. The van der Waals surface area contributed by atoms with Gasteiger partial charge in [0.05, 0.1) is 12.6 Å². The molecule has 2 aromatic rings. The van der Waals surface area contributed by atoms with Gasteiger partial charge in [0.1, 0.15) is 5.69 Å². The van der Waals surface area contributed by atoms with Gasteiger partial charge in [-0.25, -0.2) is 9.69 Å². The topological polar surface area (TPSA) is 34.0 Å². The molecule has 1 N–H and O–H groups in total. The van der Waals surface area contributed by atoms with Crippen LogP contribution in [0.1, 0.15) is 22.3 Å². The Morgan fingerprint density at radius 3 is 2.70 bits per heavy atom. The summed E-state index contributed by atoms with van der Waals surface area (Å²) in [5, 5.41) is 0. The number of quaternary nitrogens is 1. The van der Waals surface area contributed by atoms with E-state index in [1.54, 1.807) is 0 Å². The molecule has 0 saturated carbocycles. The number of nitrogens with one attached hydrogen (secondary N) is 1. The average Bonchev–Trinajstić information content (AvgIpc) is 2.99. The zero-order chi connectivity index (χ0) is 15.8. The molecule has 0 amide bonds. The van der Waals surface area contributed by atoms with Gasteiger partial charge in [0.2, 0.25) is 0 Å². The lowest BCUT2D eigenvalue weighted by Crippen LogP contribution is -3.12. The Bertz CT molecular complexity index is 716. The number of carbonyl (C=O) groups is 1. The quantitative estimate of drug-likeness (QED) is 0.856. The van der Waals surface area contributed by atoms with Gasteiger partial charge in [-0.1, -0.05) is 36.4 Å². The molecule has 2 unspecified atom stereocenters. The molecule has 4 heteroatoms. The fourth-order valence-corrected chi connectivity index (χ4v) is 3.88. The molecule has 1 fully saturated rings. The SMILES string of the molecule is C[NH+]1c2ccccc2CN2CC[C@H](OC(=O)c3ccccc3)C21. The van der Waals surface area contributed by atoms with Crippen LogP contribution in [0.4, 0.5) is 5.69 Å². The van der Waals surface area contributed by atoms with Crippen LogP contribution in [0.25, 0.3) is 0 Å². The molecule has 0 spiro atoms. The Morgan fingerprint density at radius 1 is 1.13 bits per heavy atom. The van der Waals surface area contributed by atoms with E-state index in [0.717, 1.165) is 19.5 Å². The Kier molecular flexibility index (Phi) is 3.63. The first kappa shape index (κ1) is 14.4. The van der Waals surface area contributed by atoms with Crippen molar-refractivity contribution >= 4 is 11.7 Å². The van der Waals surface area contributed by atoms with Crippen molar-refractivity contribution in [1.29, 1.82) is 0 Å². The van der Waals surface area contributed by atoms with E-state index in [-0.39, 0.29) is 18.2 Å². The summed E-state index contributed by atoms with van der Waals surface area (Å²) in [7, 11) is 2.17. The zero-order valence-corrected chi connectivity index (χ0v) is 13.2. The number of hydrogen-bond donors (Lipinski definition) is 1. The number of nitrogens with zero attached hydrogens (tertiary/aromatic N) is 1. The molecule has 0 radical (unpaired) electrons. The van der Waals surface area contributed by atoms with Crippen LogP contribution in [-0.2, 0) is 11.3 Å². The van der Waals surface area contributed by atoms with Crippen molar-refractivity contribution in [2.45, 2.75) is 25.2 Å². The Labute approximate surface area is 136 Å². The predicted octanol–water partition coefficient (Wildman–Crippen LogP) is 1.60. The van der Waals surface area contributed by atoms with Crippen molar-refractivity contribution in [2.75, 3.05) is 13.6 Å². The van der Waals surface area contributed by atoms with Crippen molar-refractivity contribution in [1.82, 2.24) is 4.90 Å². The summed E-state index contributed by atoms with van der Waals surface area (Å²) < 4.78 is 5.85. The van der Waals surface area contributed by atoms with Crippen LogP contribution >= 0.6 is 0 Å². The summed E-state index contributed by atoms with van der Waals surface area (Å²) in [6.07, 6.45) is 1.04. The predicted molar refractivity (Wildman–Crippen MR) is 87.4 cm³/mol. The molecule has 2 aromatic carbocycles. The minimum atomic E-state index is -0.218.